The number of H-pyrrole nitrogens is 1. The third kappa shape index (κ3) is 2.52. The number of nitrogens with zero attached hydrogens (tertiary/aromatic N) is 1. The summed E-state index contributed by atoms with van der Waals surface area (Å²) >= 11 is 5.79. The van der Waals surface area contributed by atoms with Crippen LogP contribution in [0.25, 0.3) is 0 Å². The second kappa shape index (κ2) is 5.22. The van der Waals surface area contributed by atoms with Crippen LogP contribution < -0.4 is 10.6 Å². The maximum absolute atomic E-state index is 13.6. The van der Waals surface area contributed by atoms with Crippen LogP contribution in [-0.2, 0) is 17.8 Å². The first-order valence-electron chi connectivity index (χ1n) is 6.14. The smallest absolute Gasteiger partial charge is 0.242 e. The van der Waals surface area contributed by atoms with Crippen LogP contribution in [0.2, 0.25) is 5.02 Å². The number of fused-ring (bicyclic) bond motifs is 1. The highest BCUT2D eigenvalue weighted by atomic mass is 35.5. The van der Waals surface area contributed by atoms with Gasteiger partial charge in [-0.1, -0.05) is 11.6 Å². The van der Waals surface area contributed by atoms with Gasteiger partial charge in [0.25, 0.3) is 0 Å². The summed E-state index contributed by atoms with van der Waals surface area (Å²) in [6.45, 7) is 0.533. The van der Waals surface area contributed by atoms with Gasteiger partial charge in [0.2, 0.25) is 5.91 Å². The number of benzene rings is 1. The van der Waals surface area contributed by atoms with Crippen molar-refractivity contribution in [2.75, 3.05) is 5.32 Å². The number of imidazole rings is 1. The normalized spacial score (nSPS) is 17.6. The molecule has 0 fully saturated rings. The molecule has 3 N–H and O–H groups in total. The average molecular weight is 295 g/mol. The molecule has 0 saturated carbocycles. The Morgan fingerprint density at radius 2 is 2.35 bits per heavy atom. The predicted molar refractivity (Wildman–Crippen MR) is 73.0 cm³/mol. The predicted octanol–water partition coefficient (Wildman–Crippen LogP) is 1.86. The minimum Gasteiger partial charge on any atom is -0.347 e. The number of halogens is 2. The highest BCUT2D eigenvalue weighted by Gasteiger charge is 2.26. The zero-order valence-corrected chi connectivity index (χ0v) is 11.2. The Labute approximate surface area is 119 Å². The molecule has 0 radical (unpaired) electrons. The monoisotopic (exact) mass is 294 g/mol. The lowest BCUT2D eigenvalue weighted by molar-refractivity contribution is -0.118. The maximum atomic E-state index is 13.6. The number of amides is 1. The maximum Gasteiger partial charge on any atom is 0.242 e. The molecule has 0 saturated heterocycles. The summed E-state index contributed by atoms with van der Waals surface area (Å²) < 4.78 is 13.6. The lowest BCUT2D eigenvalue weighted by Crippen LogP contribution is -2.44. The van der Waals surface area contributed by atoms with Crippen LogP contribution in [0.15, 0.2) is 24.5 Å². The number of rotatable bonds is 2. The third-order valence-corrected chi connectivity index (χ3v) is 3.47. The fourth-order valence-electron chi connectivity index (χ4n) is 2.17. The molecule has 104 valence electrons. The van der Waals surface area contributed by atoms with Crippen LogP contribution in [0.1, 0.15) is 11.4 Å². The molecular formula is C13H12ClFN4O. The second-order valence-corrected chi connectivity index (χ2v) is 5.02. The van der Waals surface area contributed by atoms with E-state index in [0.29, 0.717) is 18.0 Å². The lowest BCUT2D eigenvalue weighted by atomic mass is 10.0. The number of nitrogens with one attached hydrogen (secondary N) is 3. The first-order valence-corrected chi connectivity index (χ1v) is 6.51. The molecular weight excluding hydrogens is 283 g/mol. The SMILES string of the molecule is O=C(Nc1cc(Cl)ccc1F)C1Cc2nc[nH]c2CN1. The zero-order chi connectivity index (χ0) is 14.1. The van der Waals surface area contributed by atoms with Gasteiger partial charge in [0, 0.05) is 18.0 Å². The number of carbonyl (C=O) groups excluding carboxylic acids is 1. The molecule has 1 aliphatic rings. The molecule has 5 nitrogen and oxygen atoms in total. The van der Waals surface area contributed by atoms with Crippen LogP contribution in [0, 0.1) is 5.82 Å². The standard InChI is InChI=1S/C13H12ClFN4O/c14-7-1-2-8(15)9(3-7)19-13(20)11-4-10-12(5-16-11)18-6-17-10/h1-3,6,11,16H,4-5H2,(H,17,18)(H,19,20). The number of aromatic amines is 1. The Morgan fingerprint density at radius 3 is 3.20 bits per heavy atom. The molecule has 3 rings (SSSR count). The van der Waals surface area contributed by atoms with E-state index in [1.165, 1.54) is 18.2 Å². The molecule has 1 aromatic heterocycles. The number of anilines is 1. The van der Waals surface area contributed by atoms with Crippen molar-refractivity contribution in [1.29, 1.82) is 0 Å². The van der Waals surface area contributed by atoms with Crippen LogP contribution in [0.5, 0.6) is 0 Å². The summed E-state index contributed by atoms with van der Waals surface area (Å²) in [5, 5.41) is 5.99. The van der Waals surface area contributed by atoms with Crippen molar-refractivity contribution in [2.45, 2.75) is 19.0 Å². The van der Waals surface area contributed by atoms with Crippen molar-refractivity contribution in [3.8, 4) is 0 Å². The van der Waals surface area contributed by atoms with Crippen molar-refractivity contribution >= 4 is 23.2 Å². The summed E-state index contributed by atoms with van der Waals surface area (Å²) in [6, 6.07) is 3.60. The molecule has 0 bridgehead atoms. The zero-order valence-electron chi connectivity index (χ0n) is 10.4. The molecule has 1 aliphatic heterocycles. The molecule has 2 aromatic rings. The summed E-state index contributed by atoms with van der Waals surface area (Å²) in [6.07, 6.45) is 2.07. The van der Waals surface area contributed by atoms with Gasteiger partial charge in [-0.3, -0.25) is 10.1 Å². The summed E-state index contributed by atoms with van der Waals surface area (Å²) in [7, 11) is 0. The molecule has 1 atom stereocenters. The Balaban J connectivity index is 1.73. The Morgan fingerprint density at radius 1 is 1.50 bits per heavy atom. The molecule has 20 heavy (non-hydrogen) atoms. The highest BCUT2D eigenvalue weighted by molar-refractivity contribution is 6.30. The largest absolute Gasteiger partial charge is 0.347 e. The lowest BCUT2D eigenvalue weighted by Gasteiger charge is -2.22. The van der Waals surface area contributed by atoms with Crippen LogP contribution in [0.3, 0.4) is 0 Å². The van der Waals surface area contributed by atoms with Crippen LogP contribution in [0.4, 0.5) is 10.1 Å². The molecule has 1 amide bonds. The van der Waals surface area contributed by atoms with E-state index < -0.39 is 11.9 Å². The molecule has 1 unspecified atom stereocenters. The Bertz CT molecular complexity index is 658. The molecule has 1 aromatic carbocycles. The van der Waals surface area contributed by atoms with Gasteiger partial charge in [-0.2, -0.15) is 0 Å². The van der Waals surface area contributed by atoms with Crippen molar-refractivity contribution in [1.82, 2.24) is 15.3 Å². The van der Waals surface area contributed by atoms with Crippen LogP contribution in [-0.4, -0.2) is 21.9 Å². The number of aromatic nitrogens is 2. The Hall–Kier alpha value is -1.92. The molecule has 2 heterocycles. The van der Waals surface area contributed by atoms with Crippen molar-refractivity contribution in [3.63, 3.8) is 0 Å². The summed E-state index contributed by atoms with van der Waals surface area (Å²) in [4.78, 5) is 19.3. The number of hydrogen-bond donors (Lipinski definition) is 3. The Kier molecular flexibility index (Phi) is 3.42. The average Bonchev–Trinajstić information content (AvgIpc) is 2.90. The first-order chi connectivity index (χ1) is 9.63. The minimum absolute atomic E-state index is 0.0807. The fourth-order valence-corrected chi connectivity index (χ4v) is 2.34. The van der Waals surface area contributed by atoms with Gasteiger partial charge in [-0.15, -0.1) is 0 Å². The van der Waals surface area contributed by atoms with Gasteiger partial charge >= 0.3 is 0 Å². The van der Waals surface area contributed by atoms with Gasteiger partial charge in [0.05, 0.1) is 29.4 Å². The first kappa shape index (κ1) is 13.1. The van der Waals surface area contributed by atoms with E-state index in [4.69, 9.17) is 11.6 Å². The minimum atomic E-state index is -0.515. The van der Waals surface area contributed by atoms with E-state index in [1.54, 1.807) is 6.33 Å². The fraction of sp³-hybridized carbons (Fsp3) is 0.231. The van der Waals surface area contributed by atoms with Crippen molar-refractivity contribution in [3.05, 3.63) is 46.8 Å². The van der Waals surface area contributed by atoms with E-state index in [2.05, 4.69) is 20.6 Å². The van der Waals surface area contributed by atoms with E-state index in [9.17, 15) is 9.18 Å². The van der Waals surface area contributed by atoms with Crippen molar-refractivity contribution < 1.29 is 9.18 Å². The topological polar surface area (TPSA) is 69.8 Å². The van der Waals surface area contributed by atoms with Gasteiger partial charge in [0.15, 0.2) is 0 Å². The summed E-state index contributed by atoms with van der Waals surface area (Å²) in [5.74, 6) is -0.821. The highest BCUT2D eigenvalue weighted by Crippen LogP contribution is 2.20. The number of carbonyl (C=O) groups is 1. The van der Waals surface area contributed by atoms with Crippen molar-refractivity contribution in [2.24, 2.45) is 0 Å². The van der Waals surface area contributed by atoms with Gasteiger partial charge in [-0.25, -0.2) is 9.37 Å². The summed E-state index contributed by atoms with van der Waals surface area (Å²) in [5.41, 5.74) is 1.91. The van der Waals surface area contributed by atoms with Gasteiger partial charge in [-0.05, 0) is 18.2 Å². The van der Waals surface area contributed by atoms with E-state index in [1.807, 2.05) is 0 Å². The quantitative estimate of drug-likeness (QED) is 0.792. The molecule has 0 aliphatic carbocycles. The second-order valence-electron chi connectivity index (χ2n) is 4.58. The van der Waals surface area contributed by atoms with Crippen LogP contribution >= 0.6 is 11.6 Å². The molecule has 0 spiro atoms. The number of hydrogen-bond acceptors (Lipinski definition) is 3. The van der Waals surface area contributed by atoms with Gasteiger partial charge in [0.1, 0.15) is 5.82 Å². The van der Waals surface area contributed by atoms with Gasteiger partial charge < -0.3 is 10.3 Å². The van der Waals surface area contributed by atoms with E-state index in [-0.39, 0.29) is 11.6 Å². The third-order valence-electron chi connectivity index (χ3n) is 3.23. The van der Waals surface area contributed by atoms with E-state index in [0.717, 1.165) is 11.4 Å². The van der Waals surface area contributed by atoms with E-state index >= 15 is 0 Å². The molecule has 7 heteroatoms.